The summed E-state index contributed by atoms with van der Waals surface area (Å²) in [6, 6.07) is 6.84. The molecule has 0 spiro atoms. The monoisotopic (exact) mass is 462 g/mol. The van der Waals surface area contributed by atoms with Crippen LogP contribution in [0.3, 0.4) is 0 Å². The van der Waals surface area contributed by atoms with Gasteiger partial charge in [-0.1, -0.05) is 5.16 Å². The second-order valence-electron chi connectivity index (χ2n) is 7.13. The maximum atomic E-state index is 12.5. The van der Waals surface area contributed by atoms with E-state index in [0.717, 1.165) is 30.5 Å². The van der Waals surface area contributed by atoms with Gasteiger partial charge < -0.3 is 29.5 Å². The number of anilines is 3. The number of aryl methyl sites for hydroxylation is 1. The predicted octanol–water partition coefficient (Wildman–Crippen LogP) is 2.31. The third-order valence-corrected chi connectivity index (χ3v) is 5.91. The zero-order chi connectivity index (χ0) is 23.1. The minimum atomic E-state index is -0.543. The van der Waals surface area contributed by atoms with Gasteiger partial charge in [0.1, 0.15) is 5.76 Å². The molecule has 2 N–H and O–H groups in total. The summed E-state index contributed by atoms with van der Waals surface area (Å²) >= 11 is 1.16. The molecule has 172 valence electrons. The molecule has 2 heterocycles. The van der Waals surface area contributed by atoms with E-state index >= 15 is 0 Å². The average molecular weight is 463 g/mol. The topological polar surface area (TPSA) is 123 Å². The Labute approximate surface area is 190 Å². The molecule has 2 amide bonds. The third-order valence-electron chi connectivity index (χ3n) is 4.77. The number of ether oxygens (including phenoxy) is 2. The quantitative estimate of drug-likeness (QED) is 0.569. The largest absolute Gasteiger partial charge is 0.465 e. The Balaban J connectivity index is 1.59. The zero-order valence-corrected chi connectivity index (χ0v) is 19.0. The number of hydrogen-bond acceptors (Lipinski definition) is 9. The minimum absolute atomic E-state index is 0.0260. The molecule has 1 aliphatic heterocycles. The van der Waals surface area contributed by atoms with Crippen molar-refractivity contribution in [2.75, 3.05) is 54.7 Å². The molecule has 1 saturated heterocycles. The fourth-order valence-electron chi connectivity index (χ4n) is 3.05. The highest BCUT2D eigenvalue weighted by atomic mass is 32.2. The molecular formula is C21H26N4O6S. The number of hydrogen-bond donors (Lipinski definition) is 2. The van der Waals surface area contributed by atoms with E-state index < -0.39 is 11.2 Å². The summed E-state index contributed by atoms with van der Waals surface area (Å²) < 4.78 is 15.2. The summed E-state index contributed by atoms with van der Waals surface area (Å²) in [5.41, 5.74) is 1.48. The van der Waals surface area contributed by atoms with Crippen LogP contribution in [0.1, 0.15) is 23.0 Å². The summed E-state index contributed by atoms with van der Waals surface area (Å²) in [5.74, 6) is -0.234. The summed E-state index contributed by atoms with van der Waals surface area (Å²) in [6.45, 7) is 6.09. The number of esters is 1. The summed E-state index contributed by atoms with van der Waals surface area (Å²) in [6.07, 6.45) is 0. The molecule has 32 heavy (non-hydrogen) atoms. The van der Waals surface area contributed by atoms with Crippen molar-refractivity contribution in [3.8, 4) is 0 Å². The average Bonchev–Trinajstić information content (AvgIpc) is 3.22. The van der Waals surface area contributed by atoms with Crippen molar-refractivity contribution in [2.24, 2.45) is 0 Å². The SMILES string of the molecule is COC(=O)c1cc(N2CCOCC2)ccc1NC(=O)CSC(C)C(=O)Nc1cc(C)on1. The third kappa shape index (κ3) is 6.24. The number of benzene rings is 1. The molecule has 0 saturated carbocycles. The number of nitrogens with zero attached hydrogens (tertiary/aromatic N) is 2. The highest BCUT2D eigenvalue weighted by Crippen LogP contribution is 2.25. The van der Waals surface area contributed by atoms with Crippen molar-refractivity contribution in [1.82, 2.24) is 5.16 Å². The lowest BCUT2D eigenvalue weighted by Crippen LogP contribution is -2.36. The molecule has 1 fully saturated rings. The van der Waals surface area contributed by atoms with Crippen LogP contribution in [0.25, 0.3) is 0 Å². The molecule has 2 aromatic rings. The Kier molecular flexibility index (Phi) is 8.12. The zero-order valence-electron chi connectivity index (χ0n) is 18.2. The van der Waals surface area contributed by atoms with Crippen molar-refractivity contribution in [3.63, 3.8) is 0 Å². The van der Waals surface area contributed by atoms with Gasteiger partial charge in [0.2, 0.25) is 11.8 Å². The predicted molar refractivity (Wildman–Crippen MR) is 121 cm³/mol. The van der Waals surface area contributed by atoms with Gasteiger partial charge in [0, 0.05) is 24.8 Å². The van der Waals surface area contributed by atoms with Crippen molar-refractivity contribution in [3.05, 3.63) is 35.6 Å². The van der Waals surface area contributed by atoms with Crippen LogP contribution < -0.4 is 15.5 Å². The van der Waals surface area contributed by atoms with Crippen LogP contribution >= 0.6 is 11.8 Å². The first-order valence-corrected chi connectivity index (χ1v) is 11.1. The number of carbonyl (C=O) groups is 3. The van der Waals surface area contributed by atoms with E-state index in [1.54, 1.807) is 32.0 Å². The Morgan fingerprint density at radius 3 is 2.62 bits per heavy atom. The van der Waals surface area contributed by atoms with Gasteiger partial charge in [-0.15, -0.1) is 11.8 Å². The van der Waals surface area contributed by atoms with E-state index in [0.29, 0.717) is 30.5 Å². The van der Waals surface area contributed by atoms with Gasteiger partial charge in [-0.05, 0) is 32.0 Å². The number of nitrogens with one attached hydrogen (secondary N) is 2. The second-order valence-corrected chi connectivity index (χ2v) is 8.46. The number of aromatic nitrogens is 1. The first-order valence-electron chi connectivity index (χ1n) is 10.1. The Morgan fingerprint density at radius 1 is 1.22 bits per heavy atom. The molecule has 1 aromatic carbocycles. The first-order chi connectivity index (χ1) is 15.4. The van der Waals surface area contributed by atoms with Gasteiger partial charge in [0.15, 0.2) is 5.82 Å². The highest BCUT2D eigenvalue weighted by molar-refractivity contribution is 8.01. The first kappa shape index (κ1) is 23.6. The highest BCUT2D eigenvalue weighted by Gasteiger charge is 2.20. The lowest BCUT2D eigenvalue weighted by Gasteiger charge is -2.29. The molecule has 1 unspecified atom stereocenters. The van der Waals surface area contributed by atoms with E-state index in [-0.39, 0.29) is 23.1 Å². The van der Waals surface area contributed by atoms with E-state index in [1.165, 1.54) is 7.11 Å². The number of morpholine rings is 1. The minimum Gasteiger partial charge on any atom is -0.465 e. The van der Waals surface area contributed by atoms with Crippen LogP contribution in [0, 0.1) is 6.92 Å². The molecule has 1 aromatic heterocycles. The van der Waals surface area contributed by atoms with Gasteiger partial charge in [-0.25, -0.2) is 4.79 Å². The number of methoxy groups -OCH3 is 1. The molecule has 10 nitrogen and oxygen atoms in total. The smallest absolute Gasteiger partial charge is 0.340 e. The van der Waals surface area contributed by atoms with Crippen molar-refractivity contribution in [1.29, 1.82) is 0 Å². The van der Waals surface area contributed by atoms with Gasteiger partial charge in [0.05, 0.1) is 42.6 Å². The van der Waals surface area contributed by atoms with Gasteiger partial charge in [-0.3, -0.25) is 9.59 Å². The van der Waals surface area contributed by atoms with Crippen molar-refractivity contribution < 1.29 is 28.4 Å². The molecule has 11 heteroatoms. The lowest BCUT2D eigenvalue weighted by molar-refractivity contribution is -0.115. The van der Waals surface area contributed by atoms with Gasteiger partial charge in [0.25, 0.3) is 0 Å². The molecule has 1 atom stereocenters. The number of thioether (sulfide) groups is 1. The van der Waals surface area contributed by atoms with Crippen LogP contribution in [0.15, 0.2) is 28.8 Å². The normalized spacial score (nSPS) is 14.5. The van der Waals surface area contributed by atoms with Gasteiger partial charge >= 0.3 is 5.97 Å². The summed E-state index contributed by atoms with van der Waals surface area (Å²) in [5, 5.41) is 8.59. The van der Waals surface area contributed by atoms with Crippen LogP contribution in [0.2, 0.25) is 0 Å². The number of carbonyl (C=O) groups excluding carboxylic acids is 3. The summed E-state index contributed by atoms with van der Waals surface area (Å²) in [7, 11) is 1.29. The molecule has 3 rings (SSSR count). The maximum absolute atomic E-state index is 12.5. The fourth-order valence-corrected chi connectivity index (χ4v) is 3.74. The van der Waals surface area contributed by atoms with Crippen LogP contribution in [-0.2, 0) is 19.1 Å². The molecule has 0 aliphatic carbocycles. The number of amides is 2. The molecule has 0 bridgehead atoms. The molecule has 1 aliphatic rings. The fraction of sp³-hybridized carbons (Fsp3) is 0.429. The van der Waals surface area contributed by atoms with Crippen molar-refractivity contribution >= 4 is 46.7 Å². The Hall–Kier alpha value is -3.05. The standard InChI is InChI=1S/C21H26N4O6S/c1-13-10-18(24-31-13)23-20(27)14(2)32-12-19(26)22-17-5-4-15(11-16(17)21(28)29-3)25-6-8-30-9-7-25/h4-5,10-11,14H,6-9,12H2,1-3H3,(H,22,26)(H,23,24,27). The van der Waals surface area contributed by atoms with Gasteiger partial charge in [-0.2, -0.15) is 0 Å². The maximum Gasteiger partial charge on any atom is 0.340 e. The number of rotatable bonds is 8. The van der Waals surface area contributed by atoms with Crippen LogP contribution in [0.5, 0.6) is 0 Å². The van der Waals surface area contributed by atoms with E-state index in [4.69, 9.17) is 14.0 Å². The van der Waals surface area contributed by atoms with Crippen LogP contribution in [0.4, 0.5) is 17.2 Å². The van der Waals surface area contributed by atoms with Crippen molar-refractivity contribution in [2.45, 2.75) is 19.1 Å². The lowest BCUT2D eigenvalue weighted by atomic mass is 10.1. The second kappa shape index (κ2) is 11.0. The molecular weight excluding hydrogens is 436 g/mol. The van der Waals surface area contributed by atoms with E-state index in [2.05, 4.69) is 20.7 Å². The molecule has 0 radical (unpaired) electrons. The van der Waals surface area contributed by atoms with E-state index in [1.807, 2.05) is 6.07 Å². The Bertz CT molecular complexity index is 973. The van der Waals surface area contributed by atoms with E-state index in [9.17, 15) is 14.4 Å². The Morgan fingerprint density at radius 2 is 1.97 bits per heavy atom. The summed E-state index contributed by atoms with van der Waals surface area (Å²) in [4.78, 5) is 39.1. The van der Waals surface area contributed by atoms with Crippen LogP contribution in [-0.4, -0.2) is 67.4 Å².